The van der Waals surface area contributed by atoms with E-state index >= 15 is 0 Å². The predicted molar refractivity (Wildman–Crippen MR) is 60.1 cm³/mol. The van der Waals surface area contributed by atoms with Crippen LogP contribution in [0.25, 0.3) is 0 Å². The van der Waals surface area contributed by atoms with Crippen LogP contribution in [-0.2, 0) is 4.79 Å². The summed E-state index contributed by atoms with van der Waals surface area (Å²) in [4.78, 5) is 22.9. The molecule has 3 rings (SSSR count). The lowest BCUT2D eigenvalue weighted by Gasteiger charge is -2.25. The highest BCUT2D eigenvalue weighted by atomic mass is 16.2. The number of imide groups is 1. The molecule has 2 unspecified atom stereocenters. The van der Waals surface area contributed by atoms with Crippen LogP contribution in [0.15, 0.2) is 35.4 Å². The zero-order valence-electron chi connectivity index (χ0n) is 8.81. The van der Waals surface area contributed by atoms with Gasteiger partial charge in [-0.05, 0) is 5.56 Å². The number of nitrogens with one attached hydrogen (secondary N) is 3. The molecule has 0 saturated carbocycles. The number of hydrazone groups is 1. The molecule has 1 fully saturated rings. The van der Waals surface area contributed by atoms with Gasteiger partial charge in [0.2, 0.25) is 5.91 Å². The number of amides is 3. The van der Waals surface area contributed by atoms with Crippen molar-refractivity contribution in [2.75, 3.05) is 0 Å². The van der Waals surface area contributed by atoms with Crippen LogP contribution in [0.5, 0.6) is 0 Å². The van der Waals surface area contributed by atoms with Crippen molar-refractivity contribution in [2.45, 2.75) is 6.17 Å². The van der Waals surface area contributed by atoms with E-state index in [1.54, 1.807) is 0 Å². The van der Waals surface area contributed by atoms with Gasteiger partial charge in [0.05, 0.1) is 5.71 Å². The maximum atomic E-state index is 11.8. The summed E-state index contributed by atoms with van der Waals surface area (Å²) in [7, 11) is 0. The Morgan fingerprint density at radius 1 is 1.12 bits per heavy atom. The van der Waals surface area contributed by atoms with E-state index in [-0.39, 0.29) is 5.91 Å². The Morgan fingerprint density at radius 2 is 1.88 bits per heavy atom. The highest BCUT2D eigenvalue weighted by Gasteiger charge is 2.42. The number of carbonyl (C=O) groups excluding carboxylic acids is 2. The number of hydrogen-bond acceptors (Lipinski definition) is 4. The summed E-state index contributed by atoms with van der Waals surface area (Å²) in [5, 5.41) is 8.98. The highest BCUT2D eigenvalue weighted by Crippen LogP contribution is 2.19. The normalized spacial score (nSPS) is 26.5. The molecule has 6 heteroatoms. The van der Waals surface area contributed by atoms with Gasteiger partial charge >= 0.3 is 6.03 Å². The van der Waals surface area contributed by atoms with E-state index in [0.29, 0.717) is 5.71 Å². The van der Waals surface area contributed by atoms with Crippen molar-refractivity contribution in [1.82, 2.24) is 16.1 Å². The SMILES string of the molecule is O=C1NC(=O)C2C(c3ccccc3)=NNC2N1. The average Bonchev–Trinajstić information content (AvgIpc) is 2.74. The smallest absolute Gasteiger partial charge is 0.315 e. The van der Waals surface area contributed by atoms with Crippen molar-refractivity contribution in [1.29, 1.82) is 0 Å². The van der Waals surface area contributed by atoms with Gasteiger partial charge < -0.3 is 5.32 Å². The van der Waals surface area contributed by atoms with Crippen LogP contribution in [0.2, 0.25) is 0 Å². The Kier molecular flexibility index (Phi) is 2.07. The largest absolute Gasteiger partial charge is 0.323 e. The van der Waals surface area contributed by atoms with E-state index < -0.39 is 18.1 Å². The summed E-state index contributed by atoms with van der Waals surface area (Å²) in [6.07, 6.45) is -0.452. The third-order valence-corrected chi connectivity index (χ3v) is 2.83. The van der Waals surface area contributed by atoms with Crippen LogP contribution in [0.1, 0.15) is 5.56 Å². The van der Waals surface area contributed by atoms with E-state index in [4.69, 9.17) is 0 Å². The number of nitrogens with zero attached hydrogens (tertiary/aromatic N) is 1. The van der Waals surface area contributed by atoms with Gasteiger partial charge in [-0.2, -0.15) is 5.10 Å². The maximum absolute atomic E-state index is 11.8. The Hall–Kier alpha value is -2.37. The molecule has 86 valence electrons. The first-order valence-electron chi connectivity index (χ1n) is 5.25. The standard InChI is InChI=1S/C11H10N4O2/c16-10-7-8(6-4-2-1-3-5-6)14-15-9(7)12-11(17)13-10/h1-5,7,9,15H,(H2,12,13,16,17). The Bertz CT molecular complexity index is 511. The number of carbonyl (C=O) groups is 2. The third-order valence-electron chi connectivity index (χ3n) is 2.83. The minimum Gasteiger partial charge on any atom is -0.315 e. The molecule has 0 spiro atoms. The van der Waals surface area contributed by atoms with E-state index in [2.05, 4.69) is 21.2 Å². The summed E-state index contributed by atoms with van der Waals surface area (Å²) in [5.41, 5.74) is 4.28. The first kappa shape index (κ1) is 9.83. The topological polar surface area (TPSA) is 82.6 Å². The summed E-state index contributed by atoms with van der Waals surface area (Å²) < 4.78 is 0. The summed E-state index contributed by atoms with van der Waals surface area (Å²) in [6.45, 7) is 0. The molecule has 0 aromatic heterocycles. The summed E-state index contributed by atoms with van der Waals surface area (Å²) in [6, 6.07) is 8.93. The van der Waals surface area contributed by atoms with Crippen LogP contribution in [-0.4, -0.2) is 23.8 Å². The molecule has 2 aliphatic heterocycles. The molecular formula is C11H10N4O2. The predicted octanol–water partition coefficient (Wildman–Crippen LogP) is -0.224. The molecule has 6 nitrogen and oxygen atoms in total. The minimum absolute atomic E-state index is 0.327. The zero-order chi connectivity index (χ0) is 11.8. The Labute approximate surface area is 97.1 Å². The van der Waals surface area contributed by atoms with E-state index in [1.165, 1.54) is 0 Å². The number of rotatable bonds is 1. The monoisotopic (exact) mass is 230 g/mol. The van der Waals surface area contributed by atoms with Crippen molar-refractivity contribution in [3.63, 3.8) is 0 Å². The number of fused-ring (bicyclic) bond motifs is 1. The molecule has 2 atom stereocenters. The second-order valence-corrected chi connectivity index (χ2v) is 3.91. The van der Waals surface area contributed by atoms with Crippen molar-refractivity contribution in [2.24, 2.45) is 11.0 Å². The lowest BCUT2D eigenvalue weighted by Crippen LogP contribution is -2.61. The van der Waals surface area contributed by atoms with Crippen LogP contribution in [0, 0.1) is 5.92 Å². The number of urea groups is 1. The lowest BCUT2D eigenvalue weighted by molar-refractivity contribution is -0.123. The van der Waals surface area contributed by atoms with Crippen molar-refractivity contribution >= 4 is 17.6 Å². The number of benzene rings is 1. The highest BCUT2D eigenvalue weighted by molar-refractivity contribution is 6.18. The van der Waals surface area contributed by atoms with Crippen LogP contribution in [0.4, 0.5) is 4.79 Å². The summed E-state index contributed by atoms with van der Waals surface area (Å²) in [5.74, 6) is -0.804. The molecule has 0 aliphatic carbocycles. The van der Waals surface area contributed by atoms with Crippen LogP contribution >= 0.6 is 0 Å². The van der Waals surface area contributed by atoms with Crippen molar-refractivity contribution < 1.29 is 9.59 Å². The minimum atomic E-state index is -0.492. The summed E-state index contributed by atoms with van der Waals surface area (Å²) >= 11 is 0. The van der Waals surface area contributed by atoms with Gasteiger partial charge in [-0.1, -0.05) is 30.3 Å². The van der Waals surface area contributed by atoms with Gasteiger partial charge in [-0.25, -0.2) is 4.79 Å². The van der Waals surface area contributed by atoms with Gasteiger partial charge in [-0.3, -0.25) is 15.5 Å². The van der Waals surface area contributed by atoms with E-state index in [0.717, 1.165) is 5.56 Å². The fourth-order valence-electron chi connectivity index (χ4n) is 2.05. The maximum Gasteiger partial charge on any atom is 0.323 e. The second kappa shape index (κ2) is 3.58. The lowest BCUT2D eigenvalue weighted by atomic mass is 9.93. The fourth-order valence-corrected chi connectivity index (χ4v) is 2.05. The third kappa shape index (κ3) is 1.54. The van der Waals surface area contributed by atoms with Gasteiger partial charge in [-0.15, -0.1) is 0 Å². The van der Waals surface area contributed by atoms with Crippen LogP contribution in [0.3, 0.4) is 0 Å². The molecule has 3 N–H and O–H groups in total. The van der Waals surface area contributed by atoms with Gasteiger partial charge in [0, 0.05) is 0 Å². The first-order chi connectivity index (χ1) is 8.25. The molecule has 17 heavy (non-hydrogen) atoms. The van der Waals surface area contributed by atoms with Crippen molar-refractivity contribution in [3.8, 4) is 0 Å². The fraction of sp³-hybridized carbons (Fsp3) is 0.182. The molecule has 3 amide bonds. The molecule has 2 aliphatic rings. The average molecular weight is 230 g/mol. The number of hydrogen-bond donors (Lipinski definition) is 3. The van der Waals surface area contributed by atoms with E-state index in [9.17, 15) is 9.59 Å². The van der Waals surface area contributed by atoms with Gasteiger partial charge in [0.15, 0.2) is 0 Å². The molecule has 0 bridgehead atoms. The second-order valence-electron chi connectivity index (χ2n) is 3.91. The quantitative estimate of drug-likeness (QED) is 0.623. The van der Waals surface area contributed by atoms with Gasteiger partial charge in [0.1, 0.15) is 12.1 Å². The molecule has 1 saturated heterocycles. The Balaban J connectivity index is 1.94. The molecule has 1 aromatic carbocycles. The molecule has 0 radical (unpaired) electrons. The molecule has 2 heterocycles. The van der Waals surface area contributed by atoms with Crippen molar-refractivity contribution in [3.05, 3.63) is 35.9 Å². The first-order valence-corrected chi connectivity index (χ1v) is 5.25. The Morgan fingerprint density at radius 3 is 2.65 bits per heavy atom. The van der Waals surface area contributed by atoms with E-state index in [1.807, 2.05) is 30.3 Å². The molecular weight excluding hydrogens is 220 g/mol. The van der Waals surface area contributed by atoms with Gasteiger partial charge in [0.25, 0.3) is 0 Å². The zero-order valence-corrected chi connectivity index (χ0v) is 8.81. The van der Waals surface area contributed by atoms with Crippen LogP contribution < -0.4 is 16.1 Å². The molecule has 1 aromatic rings.